The fourth-order valence-corrected chi connectivity index (χ4v) is 7.00. The highest BCUT2D eigenvalue weighted by Gasteiger charge is 2.20. The third kappa shape index (κ3) is 5.42. The Morgan fingerprint density at radius 3 is 2.56 bits per heavy atom. The minimum absolute atomic E-state index is 0.0797. The third-order valence-electron chi connectivity index (χ3n) is 7.69. The average Bonchev–Trinajstić information content (AvgIpc) is 3.56. The summed E-state index contributed by atoms with van der Waals surface area (Å²) in [7, 11) is 0.0775. The molecule has 0 saturated heterocycles. The summed E-state index contributed by atoms with van der Waals surface area (Å²) in [5, 5.41) is 4.57. The summed E-state index contributed by atoms with van der Waals surface area (Å²) in [6, 6.07) is 24.8. The topological polar surface area (TPSA) is 96.3 Å². The van der Waals surface area contributed by atoms with Crippen LogP contribution in [-0.2, 0) is 40.6 Å². The van der Waals surface area contributed by atoms with Crippen LogP contribution < -0.4 is 14.9 Å². The van der Waals surface area contributed by atoms with Gasteiger partial charge < -0.3 is 14.8 Å². The molecule has 5 aromatic rings. The van der Waals surface area contributed by atoms with Crippen molar-refractivity contribution in [3.63, 3.8) is 0 Å². The number of hydrogen-bond donors (Lipinski definition) is 2. The Bertz CT molecular complexity index is 1880. The number of carbonyl (C=O) groups is 1. The van der Waals surface area contributed by atoms with Crippen LogP contribution in [0.1, 0.15) is 23.4 Å². The molecule has 0 bridgehead atoms. The van der Waals surface area contributed by atoms with Crippen molar-refractivity contribution in [2.45, 2.75) is 37.1 Å². The molecule has 1 aliphatic carbocycles. The van der Waals surface area contributed by atoms with Crippen LogP contribution in [-0.4, -0.2) is 44.5 Å². The average molecular weight is 568 g/mol. The van der Waals surface area contributed by atoms with Crippen molar-refractivity contribution < 1.29 is 13.2 Å². The normalized spacial score (nSPS) is 13.0. The molecule has 0 aliphatic heterocycles. The molecule has 0 fully saturated rings. The van der Waals surface area contributed by atoms with E-state index in [1.807, 2.05) is 78.2 Å². The molecule has 0 atom stereocenters. The number of sulfonamides is 1. The van der Waals surface area contributed by atoms with Crippen LogP contribution in [0, 0.1) is 0 Å². The highest BCUT2D eigenvalue weighted by molar-refractivity contribution is 7.89. The standard InChI is InChI=1S/C32H33N5O3S/c1-36(2)28-14-6-11-26-25(28)10-7-15-30(26)41(39,40)33-19-18-31-35-27-12-3-4-13-29(27)37(31)21-32(38)34-24-17-16-22-8-5-9-23(22)20-24/h3-4,6-7,10-17,20,33H,5,8-9,18-19,21H2,1-2H3,(H,34,38). The van der Waals surface area contributed by atoms with Crippen LogP contribution in [0.5, 0.6) is 0 Å². The van der Waals surface area contributed by atoms with Crippen LogP contribution in [0.3, 0.4) is 0 Å². The van der Waals surface area contributed by atoms with Gasteiger partial charge in [-0.2, -0.15) is 0 Å². The molecule has 6 rings (SSSR count). The van der Waals surface area contributed by atoms with E-state index in [1.165, 1.54) is 11.1 Å². The molecule has 8 nitrogen and oxygen atoms in total. The minimum Gasteiger partial charge on any atom is -0.377 e. The largest absolute Gasteiger partial charge is 0.377 e. The summed E-state index contributed by atoms with van der Waals surface area (Å²) in [6.07, 6.45) is 3.61. The summed E-state index contributed by atoms with van der Waals surface area (Å²) in [5.41, 5.74) is 6.00. The van der Waals surface area contributed by atoms with Crippen LogP contribution in [0.25, 0.3) is 21.8 Å². The van der Waals surface area contributed by atoms with E-state index in [0.29, 0.717) is 17.6 Å². The van der Waals surface area contributed by atoms with Crippen molar-refractivity contribution in [1.29, 1.82) is 0 Å². The Hall–Kier alpha value is -4.21. The van der Waals surface area contributed by atoms with E-state index in [0.717, 1.165) is 47.1 Å². The molecule has 41 heavy (non-hydrogen) atoms. The van der Waals surface area contributed by atoms with E-state index >= 15 is 0 Å². The number of fused-ring (bicyclic) bond motifs is 3. The van der Waals surface area contributed by atoms with Gasteiger partial charge in [0.2, 0.25) is 15.9 Å². The summed E-state index contributed by atoms with van der Waals surface area (Å²) in [4.78, 5) is 20.1. The molecular formula is C32H33N5O3S. The maximum Gasteiger partial charge on any atom is 0.244 e. The van der Waals surface area contributed by atoms with Gasteiger partial charge in [-0.3, -0.25) is 4.79 Å². The number of anilines is 2. The number of benzene rings is 4. The van der Waals surface area contributed by atoms with E-state index in [9.17, 15) is 13.2 Å². The number of para-hydroxylation sites is 2. The van der Waals surface area contributed by atoms with E-state index < -0.39 is 10.0 Å². The molecule has 1 aliphatic rings. The summed E-state index contributed by atoms with van der Waals surface area (Å²) >= 11 is 0. The molecular weight excluding hydrogens is 534 g/mol. The SMILES string of the molecule is CN(C)c1cccc2c(S(=O)(=O)NCCc3nc4ccccc4n3CC(=O)Nc3ccc4c(c3)CCC4)cccc12. The number of amides is 1. The van der Waals surface area contributed by atoms with Crippen molar-refractivity contribution in [2.75, 3.05) is 30.9 Å². The number of imidazole rings is 1. The number of nitrogens with one attached hydrogen (secondary N) is 2. The zero-order valence-electron chi connectivity index (χ0n) is 23.2. The molecule has 9 heteroatoms. The number of hydrogen-bond acceptors (Lipinski definition) is 5. The number of aryl methyl sites for hydroxylation is 2. The number of carbonyl (C=O) groups excluding carboxylic acids is 1. The number of aromatic nitrogens is 2. The summed E-state index contributed by atoms with van der Waals surface area (Å²) in [5.74, 6) is 0.492. The van der Waals surface area contributed by atoms with Crippen LogP contribution >= 0.6 is 0 Å². The Balaban J connectivity index is 1.20. The highest BCUT2D eigenvalue weighted by Crippen LogP contribution is 2.30. The molecule has 0 unspecified atom stereocenters. The Morgan fingerprint density at radius 1 is 0.927 bits per heavy atom. The molecule has 2 N–H and O–H groups in total. The first-order chi connectivity index (χ1) is 19.8. The van der Waals surface area contributed by atoms with Gasteiger partial charge in [0, 0.05) is 49.2 Å². The van der Waals surface area contributed by atoms with Crippen LogP contribution in [0.2, 0.25) is 0 Å². The van der Waals surface area contributed by atoms with E-state index in [1.54, 1.807) is 12.1 Å². The molecule has 1 aromatic heterocycles. The molecule has 1 heterocycles. The van der Waals surface area contributed by atoms with Gasteiger partial charge in [-0.15, -0.1) is 0 Å². The summed E-state index contributed by atoms with van der Waals surface area (Å²) < 4.78 is 31.5. The number of rotatable bonds is 9. The van der Waals surface area contributed by atoms with Gasteiger partial charge in [0.25, 0.3) is 0 Å². The van der Waals surface area contributed by atoms with Crippen LogP contribution in [0.4, 0.5) is 11.4 Å². The van der Waals surface area contributed by atoms with E-state index in [-0.39, 0.29) is 23.9 Å². The Labute approximate surface area is 240 Å². The predicted molar refractivity (Wildman–Crippen MR) is 164 cm³/mol. The third-order valence-corrected chi connectivity index (χ3v) is 9.21. The van der Waals surface area contributed by atoms with Gasteiger partial charge in [-0.25, -0.2) is 18.1 Å². The lowest BCUT2D eigenvalue weighted by atomic mass is 10.1. The van der Waals surface area contributed by atoms with Gasteiger partial charge in [0.05, 0.1) is 15.9 Å². The van der Waals surface area contributed by atoms with Crippen LogP contribution in [0.15, 0.2) is 83.8 Å². The monoisotopic (exact) mass is 567 g/mol. The van der Waals surface area contributed by atoms with Crippen molar-refractivity contribution in [1.82, 2.24) is 14.3 Å². The van der Waals surface area contributed by atoms with Gasteiger partial charge in [-0.1, -0.05) is 42.5 Å². The van der Waals surface area contributed by atoms with Crippen molar-refractivity contribution in [3.8, 4) is 0 Å². The Kier molecular flexibility index (Phi) is 7.23. The molecule has 0 radical (unpaired) electrons. The zero-order valence-corrected chi connectivity index (χ0v) is 24.0. The minimum atomic E-state index is -3.80. The quantitative estimate of drug-likeness (QED) is 0.264. The van der Waals surface area contributed by atoms with Gasteiger partial charge in [0.15, 0.2) is 0 Å². The van der Waals surface area contributed by atoms with Crippen molar-refractivity contribution in [3.05, 3.63) is 95.8 Å². The predicted octanol–water partition coefficient (Wildman–Crippen LogP) is 4.90. The second-order valence-electron chi connectivity index (χ2n) is 10.7. The first-order valence-corrected chi connectivity index (χ1v) is 15.3. The lowest BCUT2D eigenvalue weighted by Crippen LogP contribution is -2.27. The van der Waals surface area contributed by atoms with Gasteiger partial charge in [-0.05, 0) is 66.8 Å². The molecule has 4 aromatic carbocycles. The second-order valence-corrected chi connectivity index (χ2v) is 12.4. The number of nitrogens with zero attached hydrogens (tertiary/aromatic N) is 3. The smallest absolute Gasteiger partial charge is 0.244 e. The lowest BCUT2D eigenvalue weighted by molar-refractivity contribution is -0.116. The second kappa shape index (κ2) is 11.0. The first kappa shape index (κ1) is 27.0. The highest BCUT2D eigenvalue weighted by atomic mass is 32.2. The lowest BCUT2D eigenvalue weighted by Gasteiger charge is -2.17. The molecule has 210 valence electrons. The maximum absolute atomic E-state index is 13.4. The fraction of sp³-hybridized carbons (Fsp3) is 0.250. The van der Waals surface area contributed by atoms with Crippen molar-refractivity contribution >= 4 is 49.1 Å². The summed E-state index contributed by atoms with van der Waals surface area (Å²) in [6.45, 7) is 0.220. The maximum atomic E-state index is 13.4. The van der Waals surface area contributed by atoms with Crippen molar-refractivity contribution in [2.24, 2.45) is 0 Å². The van der Waals surface area contributed by atoms with E-state index in [4.69, 9.17) is 4.98 Å². The van der Waals surface area contributed by atoms with Gasteiger partial charge >= 0.3 is 0 Å². The van der Waals surface area contributed by atoms with E-state index in [2.05, 4.69) is 22.2 Å². The first-order valence-electron chi connectivity index (χ1n) is 13.8. The zero-order chi connectivity index (χ0) is 28.6. The molecule has 0 saturated carbocycles. The fourth-order valence-electron chi connectivity index (χ4n) is 5.75. The molecule has 1 amide bonds. The Morgan fingerprint density at radius 2 is 1.71 bits per heavy atom. The molecule has 0 spiro atoms. The van der Waals surface area contributed by atoms with Gasteiger partial charge in [0.1, 0.15) is 12.4 Å².